The Morgan fingerprint density at radius 3 is 2.42 bits per heavy atom. The molecule has 174 valence electrons. The zero-order chi connectivity index (χ0) is 23.5. The molecule has 1 aliphatic rings. The van der Waals surface area contributed by atoms with Crippen molar-refractivity contribution in [2.45, 2.75) is 32.0 Å². The summed E-state index contributed by atoms with van der Waals surface area (Å²) in [5.74, 6) is -4.54. The number of hydrogen-bond acceptors (Lipinski definition) is 6. The van der Waals surface area contributed by atoms with Crippen molar-refractivity contribution in [2.75, 3.05) is 18.5 Å². The van der Waals surface area contributed by atoms with Crippen LogP contribution in [0.5, 0.6) is 0 Å². The predicted octanol–water partition coefficient (Wildman–Crippen LogP) is 1.20. The molecule has 0 spiro atoms. The summed E-state index contributed by atoms with van der Waals surface area (Å²) in [6.07, 6.45) is 2.60. The molecule has 2 N–H and O–H groups in total. The molecule has 0 radical (unpaired) electrons. The molecule has 1 aromatic carbocycles. The molecule has 0 atom stereocenters. The first kappa shape index (κ1) is 22.5. The topological polar surface area (TPSA) is 111 Å². The van der Waals surface area contributed by atoms with E-state index < -0.39 is 40.9 Å². The largest absolute Gasteiger partial charge is 0.381 e. The van der Waals surface area contributed by atoms with Gasteiger partial charge in [0.1, 0.15) is 0 Å². The van der Waals surface area contributed by atoms with Crippen LogP contribution in [0.4, 0.5) is 19.1 Å². The van der Waals surface area contributed by atoms with Crippen LogP contribution >= 0.6 is 0 Å². The number of aromatic amines is 1. The fourth-order valence-electron chi connectivity index (χ4n) is 3.58. The van der Waals surface area contributed by atoms with Gasteiger partial charge in [0.05, 0.1) is 13.1 Å². The van der Waals surface area contributed by atoms with Crippen LogP contribution in [0.3, 0.4) is 0 Å². The zero-order valence-electron chi connectivity index (χ0n) is 17.3. The van der Waals surface area contributed by atoms with Crippen LogP contribution in [0.2, 0.25) is 0 Å². The van der Waals surface area contributed by atoms with Crippen LogP contribution in [-0.4, -0.2) is 38.4 Å². The van der Waals surface area contributed by atoms with Crippen molar-refractivity contribution in [1.82, 2.24) is 19.1 Å². The van der Waals surface area contributed by atoms with Gasteiger partial charge in [0, 0.05) is 31.0 Å². The minimum atomic E-state index is -1.63. The van der Waals surface area contributed by atoms with Crippen LogP contribution in [0.15, 0.2) is 44.8 Å². The minimum Gasteiger partial charge on any atom is -0.381 e. The summed E-state index contributed by atoms with van der Waals surface area (Å²) in [5, 5.41) is 3.02. The van der Waals surface area contributed by atoms with E-state index in [4.69, 9.17) is 4.74 Å². The third kappa shape index (κ3) is 4.90. The van der Waals surface area contributed by atoms with Crippen molar-refractivity contribution < 1.29 is 17.9 Å². The van der Waals surface area contributed by atoms with E-state index in [2.05, 4.69) is 15.3 Å². The zero-order valence-corrected chi connectivity index (χ0v) is 17.3. The molecular formula is C21H20F3N5O4. The van der Waals surface area contributed by atoms with Crippen LogP contribution < -0.4 is 22.3 Å². The summed E-state index contributed by atoms with van der Waals surface area (Å²) in [5.41, 5.74) is -2.13. The molecule has 33 heavy (non-hydrogen) atoms. The van der Waals surface area contributed by atoms with Crippen LogP contribution in [0.1, 0.15) is 24.0 Å². The maximum Gasteiger partial charge on any atom is 0.355 e. The highest BCUT2D eigenvalue weighted by Gasteiger charge is 2.20. The first-order valence-electron chi connectivity index (χ1n) is 10.2. The predicted molar refractivity (Wildman–Crippen MR) is 112 cm³/mol. The monoisotopic (exact) mass is 463 g/mol. The van der Waals surface area contributed by atoms with Gasteiger partial charge in [0.25, 0.3) is 5.56 Å². The second kappa shape index (κ2) is 9.45. The minimum absolute atomic E-state index is 0.0481. The third-order valence-corrected chi connectivity index (χ3v) is 5.32. The number of anilines is 1. The van der Waals surface area contributed by atoms with Crippen molar-refractivity contribution in [3.8, 4) is 0 Å². The summed E-state index contributed by atoms with van der Waals surface area (Å²) in [6, 6.07) is 4.37. The molecule has 3 heterocycles. The van der Waals surface area contributed by atoms with Gasteiger partial charge < -0.3 is 15.0 Å². The van der Waals surface area contributed by atoms with E-state index in [9.17, 15) is 27.6 Å². The van der Waals surface area contributed by atoms with Crippen molar-refractivity contribution in [3.63, 3.8) is 0 Å². The summed E-state index contributed by atoms with van der Waals surface area (Å²) < 4.78 is 48.0. The number of nitrogens with zero attached hydrogens (tertiary/aromatic N) is 3. The maximum absolute atomic E-state index is 13.8. The summed E-state index contributed by atoms with van der Waals surface area (Å²) in [7, 11) is 0. The molecule has 1 aliphatic heterocycles. The van der Waals surface area contributed by atoms with Gasteiger partial charge in [0.2, 0.25) is 5.95 Å². The summed E-state index contributed by atoms with van der Waals surface area (Å²) >= 11 is 0. The van der Waals surface area contributed by atoms with E-state index >= 15 is 0 Å². The van der Waals surface area contributed by atoms with E-state index in [0.29, 0.717) is 26.1 Å². The number of H-pyrrole nitrogens is 1. The normalized spacial score (nSPS) is 14.4. The summed E-state index contributed by atoms with van der Waals surface area (Å²) in [6.45, 7) is 0.204. The second-order valence-electron chi connectivity index (χ2n) is 7.60. The highest BCUT2D eigenvalue weighted by molar-refractivity contribution is 5.29. The fourth-order valence-corrected chi connectivity index (χ4v) is 3.58. The lowest BCUT2D eigenvalue weighted by Gasteiger charge is -2.25. The lowest BCUT2D eigenvalue weighted by molar-refractivity contribution is 0.0902. The quantitative estimate of drug-likeness (QED) is 0.532. The molecule has 1 saturated heterocycles. The number of benzene rings is 1. The number of aromatic nitrogens is 4. The molecule has 3 aromatic rings. The van der Waals surface area contributed by atoms with Crippen LogP contribution in [0.25, 0.3) is 0 Å². The highest BCUT2D eigenvalue weighted by Crippen LogP contribution is 2.16. The Balaban J connectivity index is 1.79. The van der Waals surface area contributed by atoms with Gasteiger partial charge >= 0.3 is 11.4 Å². The molecule has 0 aliphatic carbocycles. The number of pyridine rings is 1. The van der Waals surface area contributed by atoms with Crippen LogP contribution in [0, 0.1) is 17.5 Å². The van der Waals surface area contributed by atoms with Crippen molar-refractivity contribution in [1.29, 1.82) is 0 Å². The fraction of sp³-hybridized carbons (Fsp3) is 0.333. The van der Waals surface area contributed by atoms with Gasteiger partial charge in [-0.2, -0.15) is 4.98 Å². The molecule has 0 unspecified atom stereocenters. The van der Waals surface area contributed by atoms with Crippen molar-refractivity contribution in [3.05, 3.63) is 90.4 Å². The average molecular weight is 463 g/mol. The Morgan fingerprint density at radius 2 is 1.76 bits per heavy atom. The Kier molecular flexibility index (Phi) is 6.45. The van der Waals surface area contributed by atoms with Crippen molar-refractivity contribution in [2.24, 2.45) is 0 Å². The number of ether oxygens (including phenoxy) is 1. The second-order valence-corrected chi connectivity index (χ2v) is 7.60. The molecule has 0 amide bonds. The molecule has 0 saturated carbocycles. The third-order valence-electron chi connectivity index (χ3n) is 5.32. The van der Waals surface area contributed by atoms with Gasteiger partial charge in [-0.15, -0.1) is 0 Å². The molecule has 12 heteroatoms. The van der Waals surface area contributed by atoms with E-state index in [1.807, 2.05) is 0 Å². The summed E-state index contributed by atoms with van der Waals surface area (Å²) in [4.78, 5) is 44.4. The van der Waals surface area contributed by atoms with Gasteiger partial charge in [-0.1, -0.05) is 6.07 Å². The molecule has 0 bridgehead atoms. The Hall–Kier alpha value is -3.67. The van der Waals surface area contributed by atoms with Gasteiger partial charge in [-0.25, -0.2) is 27.3 Å². The number of halogens is 3. The Labute approximate surface area is 184 Å². The lowest BCUT2D eigenvalue weighted by atomic mass is 10.1. The molecule has 1 fully saturated rings. The van der Waals surface area contributed by atoms with E-state index in [1.165, 1.54) is 12.3 Å². The van der Waals surface area contributed by atoms with Crippen LogP contribution in [-0.2, 0) is 17.8 Å². The number of rotatable bonds is 6. The number of hydrogen-bond donors (Lipinski definition) is 2. The van der Waals surface area contributed by atoms with Crippen molar-refractivity contribution >= 4 is 5.95 Å². The Morgan fingerprint density at radius 1 is 1.06 bits per heavy atom. The molecule has 9 nitrogen and oxygen atoms in total. The van der Waals surface area contributed by atoms with E-state index in [-0.39, 0.29) is 29.7 Å². The highest BCUT2D eigenvalue weighted by atomic mass is 19.2. The average Bonchev–Trinajstić information content (AvgIpc) is 2.79. The maximum atomic E-state index is 13.8. The molecular weight excluding hydrogens is 443 g/mol. The lowest BCUT2D eigenvalue weighted by Crippen LogP contribution is -2.45. The van der Waals surface area contributed by atoms with Gasteiger partial charge in [0.15, 0.2) is 17.5 Å². The number of nitrogens with one attached hydrogen (secondary N) is 2. The first-order chi connectivity index (χ1) is 15.8. The van der Waals surface area contributed by atoms with Gasteiger partial charge in [-0.05, 0) is 36.6 Å². The standard InChI is InChI=1S/C21H20F3N5O4/c22-15-8-12(9-16(23)17(15)24)10-28-19(26-14-3-6-33-7-4-14)27-20(31)29(21(28)32)11-13-2-1-5-25-18(13)30/h1-2,5,8-9,14H,3-4,6-7,10-11H2,(H,25,30)(H,26,27,31). The van der Waals surface area contributed by atoms with Gasteiger partial charge in [-0.3, -0.25) is 9.36 Å². The Bertz CT molecular complexity index is 1320. The smallest absolute Gasteiger partial charge is 0.355 e. The van der Waals surface area contributed by atoms with E-state index in [0.717, 1.165) is 21.3 Å². The molecule has 4 rings (SSSR count). The SMILES string of the molecule is O=c1[nH]cccc1Cn1c(=O)nc(NC2CCOCC2)n(Cc2cc(F)c(F)c(F)c2)c1=O. The molecule has 2 aromatic heterocycles. The van der Waals surface area contributed by atoms with E-state index in [1.54, 1.807) is 6.07 Å². The first-order valence-corrected chi connectivity index (χ1v) is 10.2.